The molecule has 1 aromatic carbocycles. The van der Waals surface area contributed by atoms with Crippen LogP contribution in [0.1, 0.15) is 36.0 Å². The molecule has 1 atom stereocenters. The van der Waals surface area contributed by atoms with Crippen LogP contribution in [0, 0.1) is 6.92 Å². The maximum Gasteiger partial charge on any atom is 0.224 e. The van der Waals surface area contributed by atoms with E-state index in [0.717, 1.165) is 17.5 Å². The zero-order chi connectivity index (χ0) is 19.4. The van der Waals surface area contributed by atoms with Crippen LogP contribution < -0.4 is 0 Å². The molecule has 6 heteroatoms. The van der Waals surface area contributed by atoms with Crippen molar-refractivity contribution >= 4 is 23.4 Å². The summed E-state index contributed by atoms with van der Waals surface area (Å²) in [6, 6.07) is 11.7. The first kappa shape index (κ1) is 19.4. The number of aromatic nitrogens is 1. The monoisotopic (exact) mass is 385 g/mol. The highest BCUT2D eigenvalue weighted by atomic mass is 35.5. The maximum atomic E-state index is 12.7. The van der Waals surface area contributed by atoms with Gasteiger partial charge in [0.2, 0.25) is 11.8 Å². The number of amides is 2. The normalized spacial score (nSPS) is 16.6. The molecule has 0 radical (unpaired) electrons. The van der Waals surface area contributed by atoms with E-state index in [0.29, 0.717) is 31.1 Å². The summed E-state index contributed by atoms with van der Waals surface area (Å²) in [5.41, 5.74) is 3.21. The van der Waals surface area contributed by atoms with Crippen LogP contribution in [0.5, 0.6) is 0 Å². The fraction of sp³-hybridized carbons (Fsp3) is 0.381. The zero-order valence-electron chi connectivity index (χ0n) is 15.7. The van der Waals surface area contributed by atoms with E-state index in [1.54, 1.807) is 24.2 Å². The minimum absolute atomic E-state index is 0.0264. The van der Waals surface area contributed by atoms with Crippen LogP contribution >= 0.6 is 11.6 Å². The third-order valence-electron chi connectivity index (χ3n) is 4.97. The fourth-order valence-electron chi connectivity index (χ4n) is 3.33. The number of pyridine rings is 1. The first-order chi connectivity index (χ1) is 12.9. The Morgan fingerprint density at radius 3 is 2.59 bits per heavy atom. The highest BCUT2D eigenvalue weighted by molar-refractivity contribution is 6.29. The van der Waals surface area contributed by atoms with Crippen molar-refractivity contribution in [2.75, 3.05) is 7.05 Å². The van der Waals surface area contributed by atoms with Gasteiger partial charge in [0.05, 0.1) is 0 Å². The molecule has 0 N–H and O–H groups in total. The van der Waals surface area contributed by atoms with Gasteiger partial charge in [-0.15, -0.1) is 0 Å². The van der Waals surface area contributed by atoms with E-state index in [9.17, 15) is 9.59 Å². The minimum atomic E-state index is -0.0444. The number of halogens is 1. The largest absolute Gasteiger partial charge is 0.341 e. The lowest BCUT2D eigenvalue weighted by Gasteiger charge is -2.26. The van der Waals surface area contributed by atoms with Gasteiger partial charge in [-0.2, -0.15) is 0 Å². The molecule has 0 bridgehead atoms. The van der Waals surface area contributed by atoms with E-state index in [4.69, 9.17) is 11.6 Å². The Hall–Kier alpha value is -2.40. The molecular weight excluding hydrogens is 362 g/mol. The molecule has 27 heavy (non-hydrogen) atoms. The summed E-state index contributed by atoms with van der Waals surface area (Å²) in [5.74, 6) is 0.150. The lowest BCUT2D eigenvalue weighted by molar-refractivity contribution is -0.133. The standard InChI is InChI=1S/C21H24ClN3O2/c1-15-3-5-16(6-4-15)14-25-18(8-10-20(25)26)11-21(27)24(2)13-17-7-9-19(22)23-12-17/h3-7,9,12,18H,8,10-11,13-14H2,1-2H3. The van der Waals surface area contributed by atoms with E-state index in [-0.39, 0.29) is 17.9 Å². The Morgan fingerprint density at radius 2 is 1.93 bits per heavy atom. The molecule has 5 nitrogen and oxygen atoms in total. The third kappa shape index (κ3) is 5.07. The maximum absolute atomic E-state index is 12.7. The van der Waals surface area contributed by atoms with Crippen LogP contribution in [0.4, 0.5) is 0 Å². The highest BCUT2D eigenvalue weighted by Crippen LogP contribution is 2.25. The Labute approximate surface area is 164 Å². The molecule has 1 aliphatic rings. The molecule has 3 rings (SSSR count). The van der Waals surface area contributed by atoms with Gasteiger partial charge in [-0.05, 0) is 30.5 Å². The summed E-state index contributed by atoms with van der Waals surface area (Å²) >= 11 is 5.80. The second kappa shape index (κ2) is 8.53. The Bertz CT molecular complexity index is 805. The van der Waals surface area contributed by atoms with Gasteiger partial charge in [-0.25, -0.2) is 4.98 Å². The summed E-state index contributed by atoms with van der Waals surface area (Å²) in [7, 11) is 1.78. The molecule has 2 aromatic rings. The molecule has 1 unspecified atom stereocenters. The van der Waals surface area contributed by atoms with Crippen LogP contribution in [0.3, 0.4) is 0 Å². The summed E-state index contributed by atoms with van der Waals surface area (Å²) in [5, 5.41) is 0.434. The number of rotatable bonds is 6. The first-order valence-corrected chi connectivity index (χ1v) is 9.49. The van der Waals surface area contributed by atoms with Crippen molar-refractivity contribution in [3.63, 3.8) is 0 Å². The average Bonchev–Trinajstić information content (AvgIpc) is 2.98. The van der Waals surface area contributed by atoms with Gasteiger partial charge >= 0.3 is 0 Å². The molecule has 1 aromatic heterocycles. The first-order valence-electron chi connectivity index (χ1n) is 9.12. The van der Waals surface area contributed by atoms with Crippen LogP contribution in [-0.2, 0) is 22.7 Å². The summed E-state index contributed by atoms with van der Waals surface area (Å²) in [6.07, 6.45) is 3.26. The van der Waals surface area contributed by atoms with Gasteiger partial charge < -0.3 is 9.80 Å². The van der Waals surface area contributed by atoms with Crippen LogP contribution in [0.25, 0.3) is 0 Å². The molecule has 0 saturated carbocycles. The lowest BCUT2D eigenvalue weighted by atomic mass is 10.1. The van der Waals surface area contributed by atoms with Crippen molar-refractivity contribution < 1.29 is 9.59 Å². The third-order valence-corrected chi connectivity index (χ3v) is 5.19. The molecule has 0 spiro atoms. The predicted octanol–water partition coefficient (Wildman–Crippen LogP) is 3.58. The second-order valence-electron chi connectivity index (χ2n) is 7.14. The van der Waals surface area contributed by atoms with Crippen LogP contribution in [0.15, 0.2) is 42.6 Å². The van der Waals surface area contributed by atoms with Crippen molar-refractivity contribution in [1.29, 1.82) is 0 Å². The molecule has 1 aliphatic heterocycles. The smallest absolute Gasteiger partial charge is 0.224 e. The predicted molar refractivity (Wildman–Crippen MR) is 105 cm³/mol. The van der Waals surface area contributed by atoms with E-state index in [2.05, 4.69) is 4.98 Å². The fourth-order valence-corrected chi connectivity index (χ4v) is 3.44. The Morgan fingerprint density at radius 1 is 1.22 bits per heavy atom. The topological polar surface area (TPSA) is 53.5 Å². The van der Waals surface area contributed by atoms with E-state index >= 15 is 0 Å². The molecule has 142 valence electrons. The summed E-state index contributed by atoms with van der Waals surface area (Å²) in [4.78, 5) is 32.5. The number of aryl methyl sites for hydroxylation is 1. The van der Waals surface area contributed by atoms with Crippen molar-refractivity contribution in [1.82, 2.24) is 14.8 Å². The van der Waals surface area contributed by atoms with E-state index < -0.39 is 0 Å². The zero-order valence-corrected chi connectivity index (χ0v) is 16.4. The van der Waals surface area contributed by atoms with Gasteiger partial charge in [-0.3, -0.25) is 9.59 Å². The van der Waals surface area contributed by atoms with Crippen molar-refractivity contribution in [2.24, 2.45) is 0 Å². The summed E-state index contributed by atoms with van der Waals surface area (Å²) in [6.45, 7) is 3.07. The van der Waals surface area contributed by atoms with Gasteiger partial charge in [0, 0.05) is 45.2 Å². The molecular formula is C21H24ClN3O2. The number of likely N-dealkylation sites (tertiary alicyclic amines) is 1. The van der Waals surface area contributed by atoms with Crippen LogP contribution in [0.2, 0.25) is 5.15 Å². The minimum Gasteiger partial charge on any atom is -0.341 e. The Kier molecular flexibility index (Phi) is 6.11. The van der Waals surface area contributed by atoms with E-state index in [1.165, 1.54) is 5.56 Å². The number of carbonyl (C=O) groups excluding carboxylic acids is 2. The summed E-state index contributed by atoms with van der Waals surface area (Å²) < 4.78 is 0. The van der Waals surface area contributed by atoms with Crippen molar-refractivity contribution in [3.05, 3.63) is 64.4 Å². The van der Waals surface area contributed by atoms with Gasteiger partial charge in [0.25, 0.3) is 0 Å². The number of nitrogens with zero attached hydrogens (tertiary/aromatic N) is 3. The number of hydrogen-bond acceptors (Lipinski definition) is 3. The second-order valence-corrected chi connectivity index (χ2v) is 7.53. The molecule has 2 heterocycles. The molecule has 0 aliphatic carbocycles. The number of carbonyl (C=O) groups is 2. The quantitative estimate of drug-likeness (QED) is 0.714. The lowest BCUT2D eigenvalue weighted by Crippen LogP contribution is -2.37. The van der Waals surface area contributed by atoms with Crippen LogP contribution in [-0.4, -0.2) is 39.7 Å². The van der Waals surface area contributed by atoms with Gasteiger partial charge in [-0.1, -0.05) is 47.5 Å². The molecule has 1 fully saturated rings. The van der Waals surface area contributed by atoms with Crippen molar-refractivity contribution in [3.8, 4) is 0 Å². The van der Waals surface area contributed by atoms with Gasteiger partial charge in [0.1, 0.15) is 5.15 Å². The number of hydrogen-bond donors (Lipinski definition) is 0. The molecule has 2 amide bonds. The number of benzene rings is 1. The Balaban J connectivity index is 1.60. The van der Waals surface area contributed by atoms with Crippen molar-refractivity contribution in [2.45, 2.75) is 45.3 Å². The highest BCUT2D eigenvalue weighted by Gasteiger charge is 2.33. The average molecular weight is 386 g/mol. The molecule has 1 saturated heterocycles. The SMILES string of the molecule is Cc1ccc(CN2C(=O)CCC2CC(=O)N(C)Cc2ccc(Cl)nc2)cc1. The van der Waals surface area contributed by atoms with E-state index in [1.807, 2.05) is 42.2 Å². The van der Waals surface area contributed by atoms with Gasteiger partial charge in [0.15, 0.2) is 0 Å².